The third-order valence-electron chi connectivity index (χ3n) is 2.59. The van der Waals surface area contributed by atoms with Crippen LogP contribution >= 0.6 is 0 Å². The smallest absolute Gasteiger partial charge is 0.128 e. The van der Waals surface area contributed by atoms with E-state index in [2.05, 4.69) is 43.0 Å². The van der Waals surface area contributed by atoms with Crippen LogP contribution < -0.4 is 5.32 Å². The van der Waals surface area contributed by atoms with Crippen LogP contribution in [-0.2, 0) is 13.0 Å². The fourth-order valence-electron chi connectivity index (χ4n) is 1.54. The van der Waals surface area contributed by atoms with Crippen molar-refractivity contribution in [1.82, 2.24) is 15.3 Å². The molecule has 0 aliphatic rings. The lowest BCUT2D eigenvalue weighted by Gasteiger charge is -2.17. The van der Waals surface area contributed by atoms with Crippen molar-refractivity contribution in [2.75, 3.05) is 6.54 Å². The summed E-state index contributed by atoms with van der Waals surface area (Å²) in [6.07, 6.45) is 5.11. The quantitative estimate of drug-likeness (QED) is 0.770. The van der Waals surface area contributed by atoms with Gasteiger partial charge in [0.05, 0.1) is 5.69 Å². The van der Waals surface area contributed by atoms with E-state index in [0.717, 1.165) is 43.9 Å². The van der Waals surface area contributed by atoms with E-state index in [1.54, 1.807) is 0 Å². The summed E-state index contributed by atoms with van der Waals surface area (Å²) >= 11 is 0. The molecule has 3 nitrogen and oxygen atoms in total. The fourth-order valence-corrected chi connectivity index (χ4v) is 1.54. The van der Waals surface area contributed by atoms with E-state index >= 15 is 0 Å². The van der Waals surface area contributed by atoms with Crippen molar-refractivity contribution in [2.24, 2.45) is 5.41 Å². The van der Waals surface area contributed by atoms with Gasteiger partial charge in [-0.15, -0.1) is 0 Å². The monoisotopic (exact) mass is 235 g/mol. The number of nitrogens with zero attached hydrogens (tertiary/aromatic N) is 2. The Balaban J connectivity index is 2.48. The van der Waals surface area contributed by atoms with E-state index in [1.807, 2.05) is 12.3 Å². The van der Waals surface area contributed by atoms with Crippen molar-refractivity contribution in [3.8, 4) is 0 Å². The Hall–Kier alpha value is -0.960. The highest BCUT2D eigenvalue weighted by molar-refractivity contribution is 5.02. The van der Waals surface area contributed by atoms with Gasteiger partial charge in [-0.25, -0.2) is 9.97 Å². The first-order valence-electron chi connectivity index (χ1n) is 6.53. The second kappa shape index (κ2) is 6.70. The lowest BCUT2D eigenvalue weighted by Crippen LogP contribution is -2.16. The standard InChI is InChI=1S/C14H25N3/c1-5-9-15-11-12-7-10-16-13(17-12)6-8-14(2,3)4/h7,10,15H,5-6,8-9,11H2,1-4H3. The maximum absolute atomic E-state index is 4.57. The highest BCUT2D eigenvalue weighted by atomic mass is 14.9. The number of hydrogen-bond acceptors (Lipinski definition) is 3. The zero-order valence-corrected chi connectivity index (χ0v) is 11.6. The highest BCUT2D eigenvalue weighted by Gasteiger charge is 2.11. The average molecular weight is 235 g/mol. The summed E-state index contributed by atoms with van der Waals surface area (Å²) in [5.74, 6) is 0.968. The second-order valence-corrected chi connectivity index (χ2v) is 5.70. The molecule has 0 atom stereocenters. The molecule has 1 aromatic heterocycles. The van der Waals surface area contributed by atoms with Gasteiger partial charge in [0.2, 0.25) is 0 Å². The van der Waals surface area contributed by atoms with Crippen molar-refractivity contribution in [1.29, 1.82) is 0 Å². The van der Waals surface area contributed by atoms with Crippen molar-refractivity contribution >= 4 is 0 Å². The van der Waals surface area contributed by atoms with Gasteiger partial charge >= 0.3 is 0 Å². The van der Waals surface area contributed by atoms with Crippen molar-refractivity contribution in [3.05, 3.63) is 23.8 Å². The van der Waals surface area contributed by atoms with Gasteiger partial charge in [-0.1, -0.05) is 27.7 Å². The minimum atomic E-state index is 0.347. The van der Waals surface area contributed by atoms with Gasteiger partial charge in [0, 0.05) is 19.2 Å². The van der Waals surface area contributed by atoms with Crippen molar-refractivity contribution in [3.63, 3.8) is 0 Å². The molecule has 3 heteroatoms. The maximum Gasteiger partial charge on any atom is 0.128 e. The van der Waals surface area contributed by atoms with E-state index in [-0.39, 0.29) is 0 Å². The molecule has 0 radical (unpaired) electrons. The molecule has 1 aromatic rings. The van der Waals surface area contributed by atoms with Gasteiger partial charge in [0.15, 0.2) is 0 Å². The van der Waals surface area contributed by atoms with Crippen LogP contribution in [0.2, 0.25) is 0 Å². The van der Waals surface area contributed by atoms with Gasteiger partial charge < -0.3 is 5.32 Å². The summed E-state index contributed by atoms with van der Waals surface area (Å²) in [5.41, 5.74) is 1.44. The summed E-state index contributed by atoms with van der Waals surface area (Å²) in [6, 6.07) is 1.99. The van der Waals surface area contributed by atoms with Crippen LogP contribution in [0.15, 0.2) is 12.3 Å². The fraction of sp³-hybridized carbons (Fsp3) is 0.714. The van der Waals surface area contributed by atoms with Crippen LogP contribution in [-0.4, -0.2) is 16.5 Å². The highest BCUT2D eigenvalue weighted by Crippen LogP contribution is 2.20. The third-order valence-corrected chi connectivity index (χ3v) is 2.59. The van der Waals surface area contributed by atoms with E-state index in [4.69, 9.17) is 0 Å². The van der Waals surface area contributed by atoms with Crippen molar-refractivity contribution in [2.45, 2.75) is 53.5 Å². The minimum Gasteiger partial charge on any atom is -0.311 e. The molecule has 0 aliphatic heterocycles. The Morgan fingerprint density at radius 3 is 2.71 bits per heavy atom. The Morgan fingerprint density at radius 2 is 2.06 bits per heavy atom. The number of hydrogen-bond donors (Lipinski definition) is 1. The Labute approximate surface area is 105 Å². The predicted octanol–water partition coefficient (Wildman–Crippen LogP) is 2.95. The van der Waals surface area contributed by atoms with Crippen molar-refractivity contribution < 1.29 is 0 Å². The molecule has 17 heavy (non-hydrogen) atoms. The van der Waals surface area contributed by atoms with E-state index < -0.39 is 0 Å². The van der Waals surface area contributed by atoms with E-state index in [1.165, 1.54) is 0 Å². The molecular formula is C14H25N3. The summed E-state index contributed by atoms with van der Waals surface area (Å²) in [5, 5.41) is 3.36. The van der Waals surface area contributed by atoms with Gasteiger partial charge in [-0.3, -0.25) is 0 Å². The summed E-state index contributed by atoms with van der Waals surface area (Å²) in [6.45, 7) is 10.8. The lowest BCUT2D eigenvalue weighted by molar-refractivity contribution is 0.374. The van der Waals surface area contributed by atoms with Crippen LogP contribution in [0.3, 0.4) is 0 Å². The molecule has 0 spiro atoms. The SMILES string of the molecule is CCCNCc1ccnc(CCC(C)(C)C)n1. The summed E-state index contributed by atoms with van der Waals surface area (Å²) < 4.78 is 0. The molecule has 96 valence electrons. The molecule has 1 N–H and O–H groups in total. The molecule has 0 aromatic carbocycles. The van der Waals surface area contributed by atoms with Crippen LogP contribution in [0.5, 0.6) is 0 Å². The Bertz CT molecular complexity index is 328. The third kappa shape index (κ3) is 6.37. The molecule has 1 heterocycles. The zero-order chi connectivity index (χ0) is 12.7. The number of rotatable bonds is 6. The topological polar surface area (TPSA) is 37.8 Å². The zero-order valence-electron chi connectivity index (χ0n) is 11.6. The largest absolute Gasteiger partial charge is 0.311 e. The first-order chi connectivity index (χ1) is 8.01. The molecule has 0 unspecified atom stereocenters. The average Bonchev–Trinajstić information content (AvgIpc) is 2.27. The lowest BCUT2D eigenvalue weighted by atomic mass is 9.90. The number of aromatic nitrogens is 2. The van der Waals surface area contributed by atoms with Crippen LogP contribution in [0.1, 0.15) is 52.1 Å². The van der Waals surface area contributed by atoms with Crippen LogP contribution in [0.4, 0.5) is 0 Å². The van der Waals surface area contributed by atoms with E-state index in [9.17, 15) is 0 Å². The van der Waals surface area contributed by atoms with Crippen LogP contribution in [0.25, 0.3) is 0 Å². The molecule has 0 saturated carbocycles. The number of aryl methyl sites for hydroxylation is 1. The maximum atomic E-state index is 4.57. The predicted molar refractivity (Wildman–Crippen MR) is 71.8 cm³/mol. The van der Waals surface area contributed by atoms with Gasteiger partial charge in [0.25, 0.3) is 0 Å². The summed E-state index contributed by atoms with van der Waals surface area (Å²) in [7, 11) is 0. The molecule has 0 bridgehead atoms. The first kappa shape index (κ1) is 14.1. The second-order valence-electron chi connectivity index (χ2n) is 5.70. The molecule has 1 rings (SSSR count). The minimum absolute atomic E-state index is 0.347. The summed E-state index contributed by atoms with van der Waals surface area (Å²) in [4.78, 5) is 8.91. The van der Waals surface area contributed by atoms with Gasteiger partial charge in [0.1, 0.15) is 5.82 Å². The molecule has 0 aliphatic carbocycles. The normalized spacial score (nSPS) is 11.8. The van der Waals surface area contributed by atoms with Crippen LogP contribution in [0, 0.1) is 5.41 Å². The molecular weight excluding hydrogens is 210 g/mol. The molecule has 0 amide bonds. The van der Waals surface area contributed by atoms with E-state index in [0.29, 0.717) is 5.41 Å². The molecule has 0 fully saturated rings. The van der Waals surface area contributed by atoms with Gasteiger partial charge in [-0.05, 0) is 30.9 Å². The van der Waals surface area contributed by atoms with Gasteiger partial charge in [-0.2, -0.15) is 0 Å². The molecule has 0 saturated heterocycles. The Morgan fingerprint density at radius 1 is 1.29 bits per heavy atom. The Kier molecular flexibility index (Phi) is 5.56. The number of nitrogens with one attached hydrogen (secondary N) is 1. The first-order valence-corrected chi connectivity index (χ1v) is 6.53.